The van der Waals surface area contributed by atoms with E-state index in [-0.39, 0.29) is 0 Å². The van der Waals surface area contributed by atoms with Gasteiger partial charge in [-0.1, -0.05) is 42.5 Å². The average Bonchev–Trinajstić information content (AvgIpc) is 3.11. The Bertz CT molecular complexity index is 961. The number of anilines is 1. The van der Waals surface area contributed by atoms with Gasteiger partial charge in [0.1, 0.15) is 6.33 Å². The minimum Gasteiger partial charge on any atom is -0.364 e. The number of nitrogens with one attached hydrogen (secondary N) is 1. The molecule has 1 atom stereocenters. The summed E-state index contributed by atoms with van der Waals surface area (Å²) in [5.74, 6) is 0.784. The molecule has 4 aromatic rings. The Kier molecular flexibility index (Phi) is 3.83. The van der Waals surface area contributed by atoms with Crippen LogP contribution in [0.4, 0.5) is 5.82 Å². The number of para-hydroxylation sites is 2. The molecule has 24 heavy (non-hydrogen) atoms. The minimum absolute atomic E-state index is 0.291. The fourth-order valence-electron chi connectivity index (χ4n) is 2.94. The van der Waals surface area contributed by atoms with Crippen molar-refractivity contribution >= 4 is 22.5 Å². The maximum atomic E-state index is 4.74. The highest BCUT2D eigenvalue weighted by Crippen LogP contribution is 2.21. The zero-order valence-corrected chi connectivity index (χ0v) is 13.6. The van der Waals surface area contributed by atoms with Crippen LogP contribution < -0.4 is 5.32 Å². The van der Waals surface area contributed by atoms with E-state index in [0.29, 0.717) is 6.04 Å². The summed E-state index contributed by atoms with van der Waals surface area (Å²) in [5, 5.41) is 11.8. The third-order valence-electron chi connectivity index (χ3n) is 4.23. The van der Waals surface area contributed by atoms with Crippen molar-refractivity contribution in [3.8, 4) is 0 Å². The summed E-state index contributed by atoms with van der Waals surface area (Å²) in [5.41, 5.74) is 4.06. The first-order chi connectivity index (χ1) is 11.8. The lowest BCUT2D eigenvalue weighted by molar-refractivity contribution is 0.703. The highest BCUT2D eigenvalue weighted by molar-refractivity contribution is 5.82. The molecule has 120 valence electrons. The van der Waals surface area contributed by atoms with E-state index in [1.807, 2.05) is 34.7 Å². The van der Waals surface area contributed by atoms with Crippen molar-refractivity contribution in [1.29, 1.82) is 0 Å². The van der Waals surface area contributed by atoms with Crippen LogP contribution in [-0.4, -0.2) is 25.6 Å². The van der Waals surface area contributed by atoms with E-state index in [4.69, 9.17) is 4.98 Å². The molecule has 0 radical (unpaired) electrons. The largest absolute Gasteiger partial charge is 0.364 e. The Morgan fingerprint density at radius 2 is 1.83 bits per heavy atom. The van der Waals surface area contributed by atoms with Crippen LogP contribution in [0.5, 0.6) is 0 Å². The van der Waals surface area contributed by atoms with Crippen LogP contribution in [0.15, 0.2) is 60.9 Å². The first kappa shape index (κ1) is 14.6. The van der Waals surface area contributed by atoms with Gasteiger partial charge in [0, 0.05) is 6.04 Å². The van der Waals surface area contributed by atoms with Crippen LogP contribution >= 0.6 is 0 Å². The number of aryl methyl sites for hydroxylation is 1. The van der Waals surface area contributed by atoms with Gasteiger partial charge in [0.15, 0.2) is 5.82 Å². The predicted octanol–water partition coefficient (Wildman–Crippen LogP) is 3.71. The molecule has 0 fully saturated rings. The quantitative estimate of drug-likeness (QED) is 0.609. The van der Waals surface area contributed by atoms with Crippen molar-refractivity contribution in [2.75, 3.05) is 5.32 Å². The summed E-state index contributed by atoms with van der Waals surface area (Å²) in [7, 11) is 0. The smallest absolute Gasteiger partial charge is 0.203 e. The predicted molar refractivity (Wildman–Crippen MR) is 96.1 cm³/mol. The summed E-state index contributed by atoms with van der Waals surface area (Å²) >= 11 is 0. The monoisotopic (exact) mass is 317 g/mol. The SMILES string of the molecule is CC(CCc1ccccc1)Nc1nc2ccccc2n2cnnc12. The minimum atomic E-state index is 0.291. The van der Waals surface area contributed by atoms with Gasteiger partial charge in [0.05, 0.1) is 11.0 Å². The molecule has 0 saturated carbocycles. The molecule has 2 heterocycles. The average molecular weight is 317 g/mol. The maximum Gasteiger partial charge on any atom is 0.203 e. The van der Waals surface area contributed by atoms with Gasteiger partial charge < -0.3 is 5.32 Å². The Labute approximate surface area is 140 Å². The van der Waals surface area contributed by atoms with Gasteiger partial charge in [-0.25, -0.2) is 4.98 Å². The normalized spacial score (nSPS) is 12.5. The van der Waals surface area contributed by atoms with Crippen LogP contribution in [0.3, 0.4) is 0 Å². The van der Waals surface area contributed by atoms with E-state index in [1.54, 1.807) is 6.33 Å². The van der Waals surface area contributed by atoms with Gasteiger partial charge in [-0.15, -0.1) is 10.2 Å². The molecule has 0 bridgehead atoms. The molecule has 0 aliphatic carbocycles. The fraction of sp³-hybridized carbons (Fsp3) is 0.211. The second-order valence-electron chi connectivity index (χ2n) is 6.04. The highest BCUT2D eigenvalue weighted by atomic mass is 15.3. The van der Waals surface area contributed by atoms with Crippen LogP contribution in [0.1, 0.15) is 18.9 Å². The first-order valence-electron chi connectivity index (χ1n) is 8.20. The Morgan fingerprint density at radius 3 is 2.71 bits per heavy atom. The van der Waals surface area contributed by atoms with Crippen molar-refractivity contribution in [3.63, 3.8) is 0 Å². The lowest BCUT2D eigenvalue weighted by atomic mass is 10.1. The van der Waals surface area contributed by atoms with Crippen molar-refractivity contribution in [3.05, 3.63) is 66.5 Å². The summed E-state index contributed by atoms with van der Waals surface area (Å²) in [6.07, 6.45) is 3.80. The third-order valence-corrected chi connectivity index (χ3v) is 4.23. The molecule has 0 spiro atoms. The van der Waals surface area contributed by atoms with Crippen molar-refractivity contribution < 1.29 is 0 Å². The number of hydrogen-bond acceptors (Lipinski definition) is 4. The van der Waals surface area contributed by atoms with Crippen molar-refractivity contribution in [1.82, 2.24) is 19.6 Å². The topological polar surface area (TPSA) is 55.1 Å². The zero-order valence-electron chi connectivity index (χ0n) is 13.6. The molecule has 0 aliphatic rings. The molecule has 0 saturated heterocycles. The fourth-order valence-corrected chi connectivity index (χ4v) is 2.94. The number of nitrogens with zero attached hydrogens (tertiary/aromatic N) is 4. The highest BCUT2D eigenvalue weighted by Gasteiger charge is 2.12. The van der Waals surface area contributed by atoms with E-state index >= 15 is 0 Å². The first-order valence-corrected chi connectivity index (χ1v) is 8.20. The van der Waals surface area contributed by atoms with Gasteiger partial charge in [-0.3, -0.25) is 4.40 Å². The van der Waals surface area contributed by atoms with Gasteiger partial charge in [-0.2, -0.15) is 0 Å². The number of benzene rings is 2. The molecule has 0 amide bonds. The van der Waals surface area contributed by atoms with E-state index in [0.717, 1.165) is 35.3 Å². The van der Waals surface area contributed by atoms with Crippen molar-refractivity contribution in [2.24, 2.45) is 0 Å². The summed E-state index contributed by atoms with van der Waals surface area (Å²) in [6, 6.07) is 18.9. The number of aromatic nitrogens is 4. The van der Waals surface area contributed by atoms with Crippen molar-refractivity contribution in [2.45, 2.75) is 25.8 Å². The van der Waals surface area contributed by atoms with Crippen LogP contribution in [0, 0.1) is 0 Å². The third kappa shape index (κ3) is 2.80. The Balaban J connectivity index is 1.58. The van der Waals surface area contributed by atoms with Gasteiger partial charge >= 0.3 is 0 Å². The summed E-state index contributed by atoms with van der Waals surface area (Å²) < 4.78 is 1.98. The Hall–Kier alpha value is -2.95. The van der Waals surface area contributed by atoms with Gasteiger partial charge in [0.25, 0.3) is 0 Å². The molecular formula is C19H19N5. The maximum absolute atomic E-state index is 4.74. The summed E-state index contributed by atoms with van der Waals surface area (Å²) in [6.45, 7) is 2.17. The summed E-state index contributed by atoms with van der Waals surface area (Å²) in [4.78, 5) is 4.74. The second kappa shape index (κ2) is 6.28. The number of fused-ring (bicyclic) bond motifs is 3. The zero-order chi connectivity index (χ0) is 16.4. The van der Waals surface area contributed by atoms with E-state index in [1.165, 1.54) is 5.56 Å². The molecule has 4 rings (SSSR count). The molecule has 5 nitrogen and oxygen atoms in total. The lowest BCUT2D eigenvalue weighted by Gasteiger charge is -2.15. The van der Waals surface area contributed by atoms with Crippen LogP contribution in [0.25, 0.3) is 16.7 Å². The molecule has 0 aliphatic heterocycles. The van der Waals surface area contributed by atoms with Crippen LogP contribution in [0.2, 0.25) is 0 Å². The van der Waals surface area contributed by atoms with Crippen LogP contribution in [-0.2, 0) is 6.42 Å². The Morgan fingerprint density at radius 1 is 1.04 bits per heavy atom. The van der Waals surface area contributed by atoms with E-state index < -0.39 is 0 Å². The number of hydrogen-bond donors (Lipinski definition) is 1. The van der Waals surface area contributed by atoms with Gasteiger partial charge in [0.2, 0.25) is 5.65 Å². The standard InChI is InChI=1S/C19H19N5/c1-14(11-12-15-7-3-2-4-8-15)21-18-19-23-20-13-24(19)17-10-6-5-9-16(17)22-18/h2-10,13-14H,11-12H2,1H3,(H,21,22). The second-order valence-corrected chi connectivity index (χ2v) is 6.04. The van der Waals surface area contributed by atoms with Gasteiger partial charge in [-0.05, 0) is 37.5 Å². The number of rotatable bonds is 5. The lowest BCUT2D eigenvalue weighted by Crippen LogP contribution is -2.18. The molecular weight excluding hydrogens is 298 g/mol. The molecule has 2 aromatic carbocycles. The van der Waals surface area contributed by atoms with E-state index in [9.17, 15) is 0 Å². The molecule has 1 unspecified atom stereocenters. The molecule has 2 aromatic heterocycles. The molecule has 5 heteroatoms. The van der Waals surface area contributed by atoms with E-state index in [2.05, 4.69) is 46.7 Å². The molecule has 1 N–H and O–H groups in total.